The SMILES string of the molecule is Cc1ccc(F)c(OCc2cnc(Cl)cc2Cl)c1. The number of aryl methyl sites for hydroxylation is 1. The molecule has 0 unspecified atom stereocenters. The van der Waals surface area contributed by atoms with E-state index in [2.05, 4.69) is 4.98 Å². The van der Waals surface area contributed by atoms with Crippen molar-refractivity contribution in [3.63, 3.8) is 0 Å². The number of nitrogens with zero attached hydrogens (tertiary/aromatic N) is 1. The first kappa shape index (κ1) is 13.1. The zero-order chi connectivity index (χ0) is 13.1. The van der Waals surface area contributed by atoms with E-state index in [4.69, 9.17) is 27.9 Å². The molecule has 1 heterocycles. The molecule has 2 rings (SSSR count). The number of halogens is 3. The molecule has 0 fully saturated rings. The van der Waals surface area contributed by atoms with E-state index in [0.717, 1.165) is 5.56 Å². The summed E-state index contributed by atoms with van der Waals surface area (Å²) in [6, 6.07) is 6.20. The normalized spacial score (nSPS) is 10.4. The third-order valence-corrected chi connectivity index (χ3v) is 2.92. The first-order valence-corrected chi connectivity index (χ1v) is 6.01. The van der Waals surface area contributed by atoms with Gasteiger partial charge in [-0.1, -0.05) is 29.3 Å². The van der Waals surface area contributed by atoms with E-state index in [-0.39, 0.29) is 12.4 Å². The maximum atomic E-state index is 13.4. The van der Waals surface area contributed by atoms with Crippen molar-refractivity contribution in [1.29, 1.82) is 0 Å². The second-order valence-electron chi connectivity index (χ2n) is 3.82. The fourth-order valence-electron chi connectivity index (χ4n) is 1.42. The van der Waals surface area contributed by atoms with Crippen molar-refractivity contribution in [3.05, 3.63) is 57.6 Å². The lowest BCUT2D eigenvalue weighted by Crippen LogP contribution is -1.99. The maximum Gasteiger partial charge on any atom is 0.165 e. The van der Waals surface area contributed by atoms with Gasteiger partial charge >= 0.3 is 0 Å². The zero-order valence-corrected chi connectivity index (χ0v) is 11.1. The van der Waals surface area contributed by atoms with Crippen LogP contribution in [0, 0.1) is 12.7 Å². The van der Waals surface area contributed by atoms with Crippen molar-refractivity contribution in [2.24, 2.45) is 0 Å². The topological polar surface area (TPSA) is 22.1 Å². The summed E-state index contributed by atoms with van der Waals surface area (Å²) in [6.07, 6.45) is 1.51. The fourth-order valence-corrected chi connectivity index (χ4v) is 1.84. The molecule has 0 N–H and O–H groups in total. The molecule has 18 heavy (non-hydrogen) atoms. The quantitative estimate of drug-likeness (QED) is 0.779. The van der Waals surface area contributed by atoms with Crippen molar-refractivity contribution >= 4 is 23.2 Å². The Bertz CT molecular complexity index is 575. The largest absolute Gasteiger partial charge is 0.486 e. The van der Waals surface area contributed by atoms with Gasteiger partial charge in [-0.15, -0.1) is 0 Å². The van der Waals surface area contributed by atoms with Crippen LogP contribution in [0.3, 0.4) is 0 Å². The summed E-state index contributed by atoms with van der Waals surface area (Å²) in [5.74, 6) is -0.209. The number of hydrogen-bond acceptors (Lipinski definition) is 2. The van der Waals surface area contributed by atoms with Crippen molar-refractivity contribution < 1.29 is 9.13 Å². The molecule has 0 aliphatic heterocycles. The lowest BCUT2D eigenvalue weighted by atomic mass is 10.2. The van der Waals surface area contributed by atoms with E-state index in [9.17, 15) is 4.39 Å². The van der Waals surface area contributed by atoms with Crippen LogP contribution >= 0.6 is 23.2 Å². The number of rotatable bonds is 3. The van der Waals surface area contributed by atoms with Gasteiger partial charge in [0.2, 0.25) is 0 Å². The molecule has 0 radical (unpaired) electrons. The third-order valence-electron chi connectivity index (χ3n) is 2.37. The zero-order valence-electron chi connectivity index (χ0n) is 9.58. The van der Waals surface area contributed by atoms with Crippen LogP contribution in [0.25, 0.3) is 0 Å². The third kappa shape index (κ3) is 3.12. The van der Waals surface area contributed by atoms with E-state index < -0.39 is 5.82 Å². The molecule has 0 bridgehead atoms. The highest BCUT2D eigenvalue weighted by Gasteiger charge is 2.07. The highest BCUT2D eigenvalue weighted by Crippen LogP contribution is 2.23. The van der Waals surface area contributed by atoms with Gasteiger partial charge in [0.25, 0.3) is 0 Å². The Labute approximate surface area is 114 Å². The fraction of sp³-hybridized carbons (Fsp3) is 0.154. The molecule has 0 aliphatic rings. The molecule has 1 aromatic carbocycles. The number of hydrogen-bond donors (Lipinski definition) is 0. The molecule has 2 aromatic rings. The van der Waals surface area contributed by atoms with Crippen LogP contribution in [0.15, 0.2) is 30.5 Å². The second-order valence-corrected chi connectivity index (χ2v) is 4.62. The molecular weight excluding hydrogens is 276 g/mol. The van der Waals surface area contributed by atoms with Gasteiger partial charge in [0.15, 0.2) is 11.6 Å². The van der Waals surface area contributed by atoms with E-state index in [1.165, 1.54) is 18.3 Å². The molecular formula is C13H10Cl2FNO. The van der Waals surface area contributed by atoms with Gasteiger partial charge in [0.05, 0.1) is 5.02 Å². The number of pyridine rings is 1. The Morgan fingerprint density at radius 2 is 2.06 bits per heavy atom. The van der Waals surface area contributed by atoms with Crippen LogP contribution in [0.5, 0.6) is 5.75 Å². The van der Waals surface area contributed by atoms with Crippen LogP contribution in [0.4, 0.5) is 4.39 Å². The van der Waals surface area contributed by atoms with Gasteiger partial charge in [0, 0.05) is 11.8 Å². The Kier molecular flexibility index (Phi) is 4.04. The number of ether oxygens (including phenoxy) is 1. The summed E-state index contributed by atoms with van der Waals surface area (Å²) < 4.78 is 18.8. The smallest absolute Gasteiger partial charge is 0.165 e. The lowest BCUT2D eigenvalue weighted by Gasteiger charge is -2.09. The minimum absolute atomic E-state index is 0.142. The highest BCUT2D eigenvalue weighted by molar-refractivity contribution is 6.34. The van der Waals surface area contributed by atoms with Crippen molar-refractivity contribution in [1.82, 2.24) is 4.98 Å². The highest BCUT2D eigenvalue weighted by atomic mass is 35.5. The summed E-state index contributed by atoms with van der Waals surface area (Å²) in [5, 5.41) is 0.758. The predicted octanol–water partition coefficient (Wildman–Crippen LogP) is 4.41. The van der Waals surface area contributed by atoms with Crippen LogP contribution in [-0.4, -0.2) is 4.98 Å². The minimum Gasteiger partial charge on any atom is -0.486 e. The summed E-state index contributed by atoms with van der Waals surface area (Å²) in [4.78, 5) is 3.90. The van der Waals surface area contributed by atoms with Gasteiger partial charge in [-0.05, 0) is 30.7 Å². The van der Waals surface area contributed by atoms with Crippen LogP contribution in [-0.2, 0) is 6.61 Å². The van der Waals surface area contributed by atoms with Crippen LogP contribution in [0.2, 0.25) is 10.2 Å². The molecule has 0 atom stereocenters. The molecule has 2 nitrogen and oxygen atoms in total. The summed E-state index contributed by atoms with van der Waals surface area (Å²) in [7, 11) is 0. The van der Waals surface area contributed by atoms with E-state index in [1.807, 2.05) is 6.92 Å². The van der Waals surface area contributed by atoms with E-state index >= 15 is 0 Å². The first-order valence-electron chi connectivity index (χ1n) is 5.25. The molecule has 0 amide bonds. The lowest BCUT2D eigenvalue weighted by molar-refractivity contribution is 0.290. The Morgan fingerprint density at radius 1 is 1.28 bits per heavy atom. The standard InChI is InChI=1S/C13H10Cl2FNO/c1-8-2-3-11(16)12(4-8)18-7-9-6-17-13(15)5-10(9)14/h2-6H,7H2,1H3. The van der Waals surface area contributed by atoms with Crippen molar-refractivity contribution in [2.45, 2.75) is 13.5 Å². The van der Waals surface area contributed by atoms with Crippen LogP contribution < -0.4 is 4.74 Å². The second kappa shape index (κ2) is 5.55. The van der Waals surface area contributed by atoms with Gasteiger partial charge in [-0.3, -0.25) is 0 Å². The van der Waals surface area contributed by atoms with Gasteiger partial charge in [-0.25, -0.2) is 9.37 Å². The average molecular weight is 286 g/mol. The maximum absolute atomic E-state index is 13.4. The molecule has 0 saturated carbocycles. The van der Waals surface area contributed by atoms with Crippen molar-refractivity contribution in [2.75, 3.05) is 0 Å². The van der Waals surface area contributed by atoms with Gasteiger partial charge in [0.1, 0.15) is 11.8 Å². The van der Waals surface area contributed by atoms with E-state index in [0.29, 0.717) is 15.7 Å². The molecule has 1 aromatic heterocycles. The predicted molar refractivity (Wildman–Crippen MR) is 69.7 cm³/mol. The van der Waals surface area contributed by atoms with Crippen molar-refractivity contribution in [3.8, 4) is 5.75 Å². The Morgan fingerprint density at radius 3 is 2.78 bits per heavy atom. The Hall–Kier alpha value is -1.32. The van der Waals surface area contributed by atoms with Crippen LogP contribution in [0.1, 0.15) is 11.1 Å². The molecule has 5 heteroatoms. The number of benzene rings is 1. The van der Waals surface area contributed by atoms with E-state index in [1.54, 1.807) is 12.1 Å². The molecule has 0 spiro atoms. The summed E-state index contributed by atoms with van der Waals surface area (Å²) >= 11 is 11.7. The molecule has 94 valence electrons. The molecule has 0 saturated heterocycles. The average Bonchev–Trinajstić information content (AvgIpc) is 2.32. The first-order chi connectivity index (χ1) is 8.56. The Balaban J connectivity index is 2.13. The van der Waals surface area contributed by atoms with Gasteiger partial charge < -0.3 is 4.74 Å². The summed E-state index contributed by atoms with van der Waals surface area (Å²) in [6.45, 7) is 2.01. The monoisotopic (exact) mass is 285 g/mol. The number of aromatic nitrogens is 1. The minimum atomic E-state index is -0.404. The molecule has 0 aliphatic carbocycles. The van der Waals surface area contributed by atoms with Gasteiger partial charge in [-0.2, -0.15) is 0 Å². The summed E-state index contributed by atoms with van der Waals surface area (Å²) in [5.41, 5.74) is 1.58.